The number of hydrogen-bond donors (Lipinski definition) is 1. The number of nitrogens with zero attached hydrogens (tertiary/aromatic N) is 4. The average Bonchev–Trinajstić information content (AvgIpc) is 3.30. The van der Waals surface area contributed by atoms with Crippen LogP contribution in [0.2, 0.25) is 10.0 Å². The predicted molar refractivity (Wildman–Crippen MR) is 113 cm³/mol. The van der Waals surface area contributed by atoms with Crippen molar-refractivity contribution in [2.24, 2.45) is 0 Å². The van der Waals surface area contributed by atoms with Crippen molar-refractivity contribution in [3.63, 3.8) is 0 Å². The van der Waals surface area contributed by atoms with E-state index in [1.54, 1.807) is 25.3 Å². The van der Waals surface area contributed by atoms with E-state index < -0.39 is 17.6 Å². The molecule has 30 heavy (non-hydrogen) atoms. The smallest absolute Gasteiger partial charge is 0.360 e. The molecule has 0 spiro atoms. The third kappa shape index (κ3) is 3.57. The predicted octanol–water partition coefficient (Wildman–Crippen LogP) is 4.80. The van der Waals surface area contributed by atoms with Crippen LogP contribution < -0.4 is 10.5 Å². The van der Waals surface area contributed by atoms with E-state index in [1.165, 1.54) is 12.1 Å². The Morgan fingerprint density at radius 1 is 1.17 bits per heavy atom. The first kappa shape index (κ1) is 20.4. The zero-order valence-corrected chi connectivity index (χ0v) is 17.9. The van der Waals surface area contributed by atoms with Crippen LogP contribution in [0, 0.1) is 5.82 Å². The van der Waals surface area contributed by atoms with E-state index in [2.05, 4.69) is 15.1 Å². The monoisotopic (exact) mass is 449 g/mol. The van der Waals surface area contributed by atoms with E-state index in [-0.39, 0.29) is 21.7 Å². The highest BCUT2D eigenvalue weighted by molar-refractivity contribution is 6.36. The van der Waals surface area contributed by atoms with E-state index in [0.29, 0.717) is 16.9 Å². The summed E-state index contributed by atoms with van der Waals surface area (Å²) in [6.45, 7) is 5.68. The molecule has 0 amide bonds. The first-order valence-electron chi connectivity index (χ1n) is 9.23. The van der Waals surface area contributed by atoms with Crippen LogP contribution in [0.5, 0.6) is 0 Å². The summed E-state index contributed by atoms with van der Waals surface area (Å²) in [5.41, 5.74) is 1.99. The number of nitrogens with one attached hydrogen (secondary N) is 1. The van der Waals surface area contributed by atoms with Gasteiger partial charge < -0.3 is 4.84 Å². The van der Waals surface area contributed by atoms with Crippen molar-refractivity contribution >= 4 is 34.4 Å². The second kappa shape index (κ2) is 7.77. The van der Waals surface area contributed by atoms with E-state index in [1.807, 2.05) is 24.7 Å². The number of aromatic nitrogens is 5. The van der Waals surface area contributed by atoms with Crippen molar-refractivity contribution in [3.05, 3.63) is 68.6 Å². The molecule has 156 valence electrons. The van der Waals surface area contributed by atoms with Crippen LogP contribution in [-0.2, 0) is 0 Å². The standard InChI is InChI=1S/C20H18Cl2FN5O2/c1-10(2)27-9-12(8-24-27)15-6-7-16-19(25-15)26-20(29)28(16)30-11(3)17-13(21)4-5-14(23)18(17)22/h4-11H,1-3H3,(H,25,26,29). The Balaban J connectivity index is 1.70. The Bertz CT molecular complexity index is 1290. The number of rotatable bonds is 5. The minimum Gasteiger partial charge on any atom is -0.401 e. The van der Waals surface area contributed by atoms with Crippen LogP contribution in [0.15, 0.2) is 41.5 Å². The third-order valence-corrected chi connectivity index (χ3v) is 5.39. The lowest BCUT2D eigenvalue weighted by molar-refractivity contribution is 0.0492. The summed E-state index contributed by atoms with van der Waals surface area (Å²) in [7, 11) is 0. The number of H-pyrrole nitrogens is 1. The summed E-state index contributed by atoms with van der Waals surface area (Å²) >= 11 is 12.2. The first-order valence-corrected chi connectivity index (χ1v) is 9.98. The summed E-state index contributed by atoms with van der Waals surface area (Å²) < 4.78 is 16.7. The van der Waals surface area contributed by atoms with Gasteiger partial charge in [-0.2, -0.15) is 5.10 Å². The molecule has 4 aromatic rings. The number of imidazole rings is 1. The first-order chi connectivity index (χ1) is 14.3. The minimum atomic E-state index is -0.790. The molecular formula is C20H18Cl2FN5O2. The minimum absolute atomic E-state index is 0.148. The summed E-state index contributed by atoms with van der Waals surface area (Å²) in [6.07, 6.45) is 2.82. The summed E-state index contributed by atoms with van der Waals surface area (Å²) in [5.74, 6) is -0.619. The van der Waals surface area contributed by atoms with Crippen molar-refractivity contribution < 1.29 is 9.23 Å². The maximum Gasteiger partial charge on any atom is 0.360 e. The number of aromatic amines is 1. The zero-order chi connectivity index (χ0) is 21.6. The molecule has 10 heteroatoms. The lowest BCUT2D eigenvalue weighted by atomic mass is 10.1. The number of halogens is 3. The second-order valence-electron chi connectivity index (χ2n) is 7.10. The maximum atomic E-state index is 13.9. The van der Waals surface area contributed by atoms with Crippen LogP contribution >= 0.6 is 23.2 Å². The van der Waals surface area contributed by atoms with Gasteiger partial charge in [-0.1, -0.05) is 23.2 Å². The van der Waals surface area contributed by atoms with Crippen LogP contribution in [0.25, 0.3) is 22.4 Å². The molecule has 1 unspecified atom stereocenters. The molecule has 0 radical (unpaired) electrons. The Hall–Kier alpha value is -2.84. The van der Waals surface area contributed by atoms with Gasteiger partial charge in [0.15, 0.2) is 11.8 Å². The van der Waals surface area contributed by atoms with Gasteiger partial charge in [-0.25, -0.2) is 14.2 Å². The normalized spacial score (nSPS) is 12.6. The molecule has 0 bridgehead atoms. The highest BCUT2D eigenvalue weighted by Gasteiger charge is 2.21. The Labute approximate surface area is 181 Å². The maximum absolute atomic E-state index is 13.9. The van der Waals surface area contributed by atoms with E-state index in [4.69, 9.17) is 28.0 Å². The highest BCUT2D eigenvalue weighted by atomic mass is 35.5. The molecule has 0 saturated heterocycles. The molecule has 7 nitrogen and oxygen atoms in total. The number of benzene rings is 1. The van der Waals surface area contributed by atoms with Gasteiger partial charge in [-0.15, -0.1) is 4.73 Å². The van der Waals surface area contributed by atoms with Crippen LogP contribution in [0.4, 0.5) is 4.39 Å². The van der Waals surface area contributed by atoms with Crippen molar-refractivity contribution in [3.8, 4) is 11.3 Å². The lowest BCUT2D eigenvalue weighted by Gasteiger charge is -2.17. The molecule has 1 N–H and O–H groups in total. The molecular weight excluding hydrogens is 432 g/mol. The van der Waals surface area contributed by atoms with E-state index in [0.717, 1.165) is 10.3 Å². The highest BCUT2D eigenvalue weighted by Crippen LogP contribution is 2.33. The third-order valence-electron chi connectivity index (χ3n) is 4.68. The van der Waals surface area contributed by atoms with E-state index >= 15 is 0 Å². The van der Waals surface area contributed by atoms with Gasteiger partial charge in [0.1, 0.15) is 11.3 Å². The molecule has 0 fully saturated rings. The molecule has 3 aromatic heterocycles. The number of pyridine rings is 1. The Kier molecular flexibility index (Phi) is 5.29. The topological polar surface area (TPSA) is 77.7 Å². The summed E-state index contributed by atoms with van der Waals surface area (Å²) in [5, 5.41) is 4.40. The van der Waals surface area contributed by atoms with Crippen molar-refractivity contribution in [1.82, 2.24) is 24.5 Å². The number of fused-ring (bicyclic) bond motifs is 1. The second-order valence-corrected chi connectivity index (χ2v) is 7.88. The van der Waals surface area contributed by atoms with Gasteiger partial charge in [0.05, 0.1) is 16.9 Å². The fourth-order valence-corrected chi connectivity index (χ4v) is 3.79. The molecule has 3 heterocycles. The van der Waals surface area contributed by atoms with Gasteiger partial charge in [-0.05, 0) is 45.0 Å². The fourth-order valence-electron chi connectivity index (χ4n) is 3.11. The molecule has 1 aromatic carbocycles. The summed E-state index contributed by atoms with van der Waals surface area (Å²) in [4.78, 5) is 25.4. The molecule has 0 aliphatic heterocycles. The molecule has 0 saturated carbocycles. The van der Waals surface area contributed by atoms with Crippen molar-refractivity contribution in [1.29, 1.82) is 0 Å². The van der Waals surface area contributed by atoms with Crippen molar-refractivity contribution in [2.45, 2.75) is 32.9 Å². The lowest BCUT2D eigenvalue weighted by Crippen LogP contribution is -2.26. The van der Waals surface area contributed by atoms with Crippen molar-refractivity contribution in [2.75, 3.05) is 0 Å². The zero-order valence-electron chi connectivity index (χ0n) is 16.4. The molecule has 0 aliphatic carbocycles. The van der Waals surface area contributed by atoms with Gasteiger partial charge in [0.2, 0.25) is 0 Å². The molecule has 1 atom stereocenters. The number of hydrogen-bond acceptors (Lipinski definition) is 4. The Morgan fingerprint density at radius 2 is 1.93 bits per heavy atom. The van der Waals surface area contributed by atoms with Gasteiger partial charge >= 0.3 is 5.69 Å². The average molecular weight is 450 g/mol. The SMILES string of the molecule is CC(On1c(=O)[nH]c2nc(-c3cnn(C(C)C)c3)ccc21)c1c(Cl)ccc(F)c1Cl. The Morgan fingerprint density at radius 3 is 2.63 bits per heavy atom. The van der Waals surface area contributed by atoms with Crippen LogP contribution in [0.1, 0.15) is 38.5 Å². The van der Waals surface area contributed by atoms with Crippen LogP contribution in [-0.4, -0.2) is 24.5 Å². The van der Waals surface area contributed by atoms with Gasteiger partial charge in [0.25, 0.3) is 0 Å². The van der Waals surface area contributed by atoms with Gasteiger partial charge in [-0.3, -0.25) is 9.67 Å². The van der Waals surface area contributed by atoms with Gasteiger partial charge in [0, 0.05) is 28.4 Å². The summed E-state index contributed by atoms with van der Waals surface area (Å²) in [6, 6.07) is 6.26. The van der Waals surface area contributed by atoms with E-state index in [9.17, 15) is 9.18 Å². The fraction of sp³-hybridized carbons (Fsp3) is 0.250. The largest absolute Gasteiger partial charge is 0.401 e. The molecule has 4 rings (SSSR count). The quantitative estimate of drug-likeness (QED) is 0.443. The van der Waals surface area contributed by atoms with Crippen LogP contribution in [0.3, 0.4) is 0 Å². The molecule has 0 aliphatic rings.